The number of benzene rings is 8. The normalized spacial score (nSPS) is 17.1. The van der Waals surface area contributed by atoms with Crippen LogP contribution in [0.5, 0.6) is 0 Å². The summed E-state index contributed by atoms with van der Waals surface area (Å²) in [6, 6.07) is 62.5. The largest absolute Gasteiger partial charge is 0.311 e. The molecule has 0 amide bonds. The summed E-state index contributed by atoms with van der Waals surface area (Å²) < 4.78 is 0. The predicted octanol–water partition coefficient (Wildman–Crippen LogP) is 25.1. The van der Waals surface area contributed by atoms with E-state index in [4.69, 9.17) is 0 Å². The highest BCUT2D eigenvalue weighted by atomic mass is 15.2. The van der Waals surface area contributed by atoms with Crippen molar-refractivity contribution in [3.8, 4) is 0 Å². The fourth-order valence-corrected chi connectivity index (χ4v) is 14.9. The van der Waals surface area contributed by atoms with Gasteiger partial charge in [0, 0.05) is 67.4 Å². The van der Waals surface area contributed by atoms with Gasteiger partial charge in [-0.15, -0.1) is 0 Å². The monoisotopic (exact) mass is 1200 g/mol. The number of nitrogens with zero attached hydrogens (tertiary/aromatic N) is 4. The van der Waals surface area contributed by atoms with Crippen LogP contribution >= 0.6 is 0 Å². The van der Waals surface area contributed by atoms with E-state index in [0.29, 0.717) is 5.92 Å². The van der Waals surface area contributed by atoms with Crippen molar-refractivity contribution in [2.45, 2.75) is 216 Å². The van der Waals surface area contributed by atoms with Crippen LogP contribution in [0.1, 0.15) is 234 Å². The molecule has 0 fully saturated rings. The van der Waals surface area contributed by atoms with Crippen molar-refractivity contribution < 1.29 is 0 Å². The molecule has 0 N–H and O–H groups in total. The first kappa shape index (κ1) is 63.6. The molecule has 0 saturated heterocycles. The third-order valence-corrected chi connectivity index (χ3v) is 21.2. The molecule has 472 valence electrons. The topological polar surface area (TPSA) is 13.0 Å². The van der Waals surface area contributed by atoms with Crippen LogP contribution in [0.4, 0.5) is 62.6 Å². The van der Waals surface area contributed by atoms with E-state index in [1.54, 1.807) is 0 Å². The molecular formula is C87H104N4. The summed E-state index contributed by atoms with van der Waals surface area (Å²) in [7, 11) is 0. The Morgan fingerprint density at radius 3 is 0.725 bits per heavy atom. The van der Waals surface area contributed by atoms with Gasteiger partial charge in [0.1, 0.15) is 0 Å². The highest BCUT2D eigenvalue weighted by molar-refractivity contribution is 6.02. The average Bonchev–Trinajstić information content (AvgIpc) is 0.663. The Balaban J connectivity index is 1.17. The third-order valence-electron chi connectivity index (χ3n) is 21.2. The second-order valence-electron chi connectivity index (χ2n) is 35.1. The van der Waals surface area contributed by atoms with Gasteiger partial charge in [0.2, 0.25) is 0 Å². The Hall–Kier alpha value is -7.56. The first-order valence-corrected chi connectivity index (χ1v) is 33.9. The van der Waals surface area contributed by atoms with Crippen molar-refractivity contribution in [3.63, 3.8) is 0 Å². The van der Waals surface area contributed by atoms with Crippen LogP contribution in [0.3, 0.4) is 0 Å². The Bertz CT molecular complexity index is 3850. The zero-order chi connectivity index (χ0) is 65.9. The molecule has 1 aliphatic carbocycles. The van der Waals surface area contributed by atoms with E-state index >= 15 is 0 Å². The molecule has 0 aromatic heterocycles. The third kappa shape index (κ3) is 11.0. The Morgan fingerprint density at radius 1 is 0.308 bits per heavy atom. The van der Waals surface area contributed by atoms with E-state index in [9.17, 15) is 0 Å². The molecule has 4 aliphatic rings. The van der Waals surface area contributed by atoms with Crippen LogP contribution in [0.15, 0.2) is 182 Å². The van der Waals surface area contributed by atoms with Gasteiger partial charge in [0.15, 0.2) is 0 Å². The minimum absolute atomic E-state index is 0.00636. The summed E-state index contributed by atoms with van der Waals surface area (Å²) in [4.78, 5) is 10.4. The van der Waals surface area contributed by atoms with Gasteiger partial charge in [-0.2, -0.15) is 0 Å². The first-order chi connectivity index (χ1) is 42.2. The SMILES string of the molecule is CC(C)(C)c1ccc(N(C2=CCC(C(C)(C)C)C=C2)c2cc3c4c(c2)C(C)(C)c2cc(N(c5ccc(C(C)(C)C)cc5)c5ccc(C(C)(C)C)cc5)cc5c2N4c2c(cc(N(c4ccc(C(C)(C)C)cc4)c4ccc(C(C)(C)C)cc4)cc2C5(C)C)C3(C)C)cc1. The van der Waals surface area contributed by atoms with Crippen LogP contribution in [0.2, 0.25) is 0 Å². The molecule has 0 bridgehead atoms. The van der Waals surface area contributed by atoms with Gasteiger partial charge in [-0.05, 0) is 209 Å². The van der Waals surface area contributed by atoms with Crippen LogP contribution in [0.25, 0.3) is 0 Å². The summed E-state index contributed by atoms with van der Waals surface area (Å²) in [5, 5.41) is 0. The molecule has 4 nitrogen and oxygen atoms in total. The maximum Gasteiger partial charge on any atom is 0.0545 e. The van der Waals surface area contributed by atoms with Crippen molar-refractivity contribution in [2.24, 2.45) is 11.3 Å². The molecule has 3 aliphatic heterocycles. The standard InChI is InChI=1S/C87H104N4/c1-79(2,3)55-25-37-61(38-26-55)88(62-39-27-56(28-40-62)80(4,5)6)67-49-70-76-71(50-67)86(21,22)73-52-69(90(65-45-33-59(34-46-65)83(13,14)15)66-47-35-60(36-48-66)84(16,17)18)54-75-78(73)91(76)77-72(85(70,19)20)51-68(53-74(77)87(75,23)24)89(63-41-29-57(30-42-63)81(7,8)9)64-43-31-58(32-44-64)82(10,11)12/h25-35,37-54,60H,36H2,1-24H3. The van der Waals surface area contributed by atoms with E-state index in [0.717, 1.165) is 40.5 Å². The van der Waals surface area contributed by atoms with Crippen molar-refractivity contribution in [1.29, 1.82) is 0 Å². The number of hydrogen-bond donors (Lipinski definition) is 0. The molecule has 0 spiro atoms. The molecule has 91 heavy (non-hydrogen) atoms. The van der Waals surface area contributed by atoms with Gasteiger partial charge in [-0.3, -0.25) is 0 Å². The average molecular weight is 1210 g/mol. The van der Waals surface area contributed by atoms with Crippen molar-refractivity contribution >= 4 is 62.6 Å². The molecule has 1 atom stereocenters. The van der Waals surface area contributed by atoms with Gasteiger partial charge < -0.3 is 19.6 Å². The molecule has 8 aromatic carbocycles. The lowest BCUT2D eigenvalue weighted by Gasteiger charge is -2.55. The van der Waals surface area contributed by atoms with Crippen LogP contribution < -0.4 is 19.6 Å². The summed E-state index contributed by atoms with van der Waals surface area (Å²) in [6.45, 7) is 56.9. The Morgan fingerprint density at radius 2 is 0.527 bits per heavy atom. The second kappa shape index (κ2) is 21.2. The quantitative estimate of drug-likeness (QED) is 0.143. The fourth-order valence-electron chi connectivity index (χ4n) is 14.9. The lowest BCUT2D eigenvalue weighted by molar-refractivity contribution is 0.293. The highest BCUT2D eigenvalue weighted by Crippen LogP contribution is 2.68. The van der Waals surface area contributed by atoms with Crippen molar-refractivity contribution in [3.05, 3.63) is 243 Å². The molecule has 0 radical (unpaired) electrons. The van der Waals surface area contributed by atoms with Crippen molar-refractivity contribution in [1.82, 2.24) is 0 Å². The molecule has 8 aromatic rings. The Kier molecular flexibility index (Phi) is 14.8. The summed E-state index contributed by atoms with van der Waals surface area (Å²) in [5.41, 5.74) is 27.8. The minimum atomic E-state index is -0.464. The van der Waals surface area contributed by atoms with E-state index < -0.39 is 16.2 Å². The zero-order valence-corrected chi connectivity index (χ0v) is 59.8. The van der Waals surface area contributed by atoms with Gasteiger partial charge in [-0.1, -0.05) is 239 Å². The van der Waals surface area contributed by atoms with Gasteiger partial charge >= 0.3 is 0 Å². The smallest absolute Gasteiger partial charge is 0.0545 e. The summed E-state index contributed by atoms with van der Waals surface area (Å²) in [6.07, 6.45) is 8.38. The molecule has 4 heteroatoms. The molecule has 12 rings (SSSR count). The van der Waals surface area contributed by atoms with Crippen LogP contribution in [-0.4, -0.2) is 0 Å². The summed E-state index contributed by atoms with van der Waals surface area (Å²) in [5.74, 6) is 0.437. The fraction of sp³-hybridized carbons (Fsp3) is 0.402. The van der Waals surface area contributed by atoms with E-state index in [1.165, 1.54) is 95.3 Å². The summed E-state index contributed by atoms with van der Waals surface area (Å²) >= 11 is 0. The maximum atomic E-state index is 2.76. The lowest BCUT2D eigenvalue weighted by Crippen LogP contribution is -2.44. The van der Waals surface area contributed by atoms with Crippen LogP contribution in [0, 0.1) is 11.3 Å². The number of hydrogen-bond acceptors (Lipinski definition) is 4. The van der Waals surface area contributed by atoms with Gasteiger partial charge in [-0.25, -0.2) is 0 Å². The predicted molar refractivity (Wildman–Crippen MR) is 394 cm³/mol. The van der Waals surface area contributed by atoms with Gasteiger partial charge in [0.25, 0.3) is 0 Å². The first-order valence-electron chi connectivity index (χ1n) is 33.9. The number of rotatable bonds is 9. The number of anilines is 11. The molecule has 0 saturated carbocycles. The maximum absolute atomic E-state index is 2.76. The molecule has 3 heterocycles. The number of allylic oxidation sites excluding steroid dienone is 3. The van der Waals surface area contributed by atoms with Crippen molar-refractivity contribution in [2.75, 3.05) is 19.6 Å². The van der Waals surface area contributed by atoms with Gasteiger partial charge in [0.05, 0.1) is 17.1 Å². The minimum Gasteiger partial charge on any atom is -0.311 e. The van der Waals surface area contributed by atoms with E-state index in [2.05, 4.69) is 362 Å². The molecular weight excluding hydrogens is 1100 g/mol. The van der Waals surface area contributed by atoms with E-state index in [-0.39, 0.29) is 32.5 Å². The highest BCUT2D eigenvalue weighted by Gasteiger charge is 2.53. The Labute approximate surface area is 549 Å². The lowest BCUT2D eigenvalue weighted by atomic mass is 9.60. The second-order valence-corrected chi connectivity index (χ2v) is 35.1. The van der Waals surface area contributed by atoms with E-state index in [1.807, 2.05) is 0 Å². The zero-order valence-electron chi connectivity index (χ0n) is 59.8. The van der Waals surface area contributed by atoms with Crippen LogP contribution in [-0.2, 0) is 43.3 Å². The molecule has 1 unspecified atom stereocenters.